The van der Waals surface area contributed by atoms with Gasteiger partial charge in [-0.25, -0.2) is 0 Å². The summed E-state index contributed by atoms with van der Waals surface area (Å²) in [4.78, 5) is 12.1. The lowest BCUT2D eigenvalue weighted by Gasteiger charge is -2.22. The fourth-order valence-electron chi connectivity index (χ4n) is 2.05. The summed E-state index contributed by atoms with van der Waals surface area (Å²) in [6.45, 7) is 3.88. The third-order valence-electron chi connectivity index (χ3n) is 3.17. The van der Waals surface area contributed by atoms with Crippen LogP contribution in [0.5, 0.6) is 0 Å². The van der Waals surface area contributed by atoms with E-state index in [-0.39, 0.29) is 24.2 Å². The normalized spacial score (nSPS) is 15.9. The predicted octanol–water partition coefficient (Wildman–Crippen LogP) is 3.12. The van der Waals surface area contributed by atoms with Crippen LogP contribution >= 0.6 is 28.3 Å². The molecule has 1 amide bonds. The number of carbonyl (C=O) groups excluding carboxylic acids is 1. The van der Waals surface area contributed by atoms with Crippen molar-refractivity contribution < 1.29 is 4.79 Å². The van der Waals surface area contributed by atoms with Gasteiger partial charge in [0.05, 0.1) is 0 Å². The van der Waals surface area contributed by atoms with Gasteiger partial charge in [0, 0.05) is 16.1 Å². The Morgan fingerprint density at radius 2 is 2.06 bits per heavy atom. The van der Waals surface area contributed by atoms with Gasteiger partial charge in [0.25, 0.3) is 0 Å². The minimum absolute atomic E-state index is 0. The number of rotatable bonds is 2. The SMILES string of the molecule is Cc1ccc(Br)cc1NC(=O)C1CCNCC1.Cl. The number of halogens is 2. The van der Waals surface area contributed by atoms with E-state index in [1.807, 2.05) is 25.1 Å². The summed E-state index contributed by atoms with van der Waals surface area (Å²) in [5, 5.41) is 6.29. The Hall–Kier alpha value is -0.580. The molecule has 5 heteroatoms. The predicted molar refractivity (Wildman–Crippen MR) is 80.4 cm³/mol. The highest BCUT2D eigenvalue weighted by molar-refractivity contribution is 9.10. The quantitative estimate of drug-likeness (QED) is 0.873. The Morgan fingerprint density at radius 3 is 2.72 bits per heavy atom. The molecule has 100 valence electrons. The van der Waals surface area contributed by atoms with Gasteiger partial charge in [-0.15, -0.1) is 12.4 Å². The van der Waals surface area contributed by atoms with Crippen LogP contribution in [0.2, 0.25) is 0 Å². The molecule has 1 heterocycles. The lowest BCUT2D eigenvalue weighted by Crippen LogP contribution is -2.34. The fraction of sp³-hybridized carbons (Fsp3) is 0.462. The zero-order valence-corrected chi connectivity index (χ0v) is 12.7. The minimum Gasteiger partial charge on any atom is -0.326 e. The minimum atomic E-state index is 0. The topological polar surface area (TPSA) is 41.1 Å². The molecule has 0 bridgehead atoms. The number of anilines is 1. The van der Waals surface area contributed by atoms with Crippen LogP contribution in [0.4, 0.5) is 5.69 Å². The zero-order chi connectivity index (χ0) is 12.3. The summed E-state index contributed by atoms with van der Waals surface area (Å²) in [6.07, 6.45) is 1.86. The van der Waals surface area contributed by atoms with E-state index < -0.39 is 0 Å². The van der Waals surface area contributed by atoms with Crippen molar-refractivity contribution in [3.05, 3.63) is 28.2 Å². The van der Waals surface area contributed by atoms with E-state index in [0.717, 1.165) is 41.7 Å². The summed E-state index contributed by atoms with van der Waals surface area (Å²) >= 11 is 3.42. The van der Waals surface area contributed by atoms with Crippen LogP contribution in [0.1, 0.15) is 18.4 Å². The summed E-state index contributed by atoms with van der Waals surface area (Å²) in [6, 6.07) is 5.94. The molecule has 1 aromatic carbocycles. The highest BCUT2D eigenvalue weighted by Gasteiger charge is 2.21. The molecule has 18 heavy (non-hydrogen) atoms. The molecule has 1 aliphatic rings. The number of benzene rings is 1. The largest absolute Gasteiger partial charge is 0.326 e. The lowest BCUT2D eigenvalue weighted by atomic mass is 9.97. The zero-order valence-electron chi connectivity index (χ0n) is 10.3. The Balaban J connectivity index is 0.00000162. The van der Waals surface area contributed by atoms with E-state index in [1.54, 1.807) is 0 Å². The molecule has 1 aromatic rings. The Bertz CT molecular complexity index is 419. The number of piperidine rings is 1. The first kappa shape index (κ1) is 15.5. The number of nitrogens with one attached hydrogen (secondary N) is 2. The smallest absolute Gasteiger partial charge is 0.227 e. The average Bonchev–Trinajstić information content (AvgIpc) is 2.35. The van der Waals surface area contributed by atoms with Crippen LogP contribution in [-0.4, -0.2) is 19.0 Å². The maximum Gasteiger partial charge on any atom is 0.227 e. The van der Waals surface area contributed by atoms with Gasteiger partial charge in [-0.2, -0.15) is 0 Å². The highest BCUT2D eigenvalue weighted by atomic mass is 79.9. The summed E-state index contributed by atoms with van der Waals surface area (Å²) < 4.78 is 0.990. The standard InChI is InChI=1S/C13H17BrN2O.ClH/c1-9-2-3-11(14)8-12(9)16-13(17)10-4-6-15-7-5-10;/h2-3,8,10,15H,4-7H2,1H3,(H,16,17);1H. The molecule has 0 unspecified atom stereocenters. The molecule has 2 N–H and O–H groups in total. The van der Waals surface area contributed by atoms with Gasteiger partial charge >= 0.3 is 0 Å². The van der Waals surface area contributed by atoms with Crippen molar-refractivity contribution in [1.29, 1.82) is 0 Å². The van der Waals surface area contributed by atoms with Crippen LogP contribution in [0, 0.1) is 12.8 Å². The van der Waals surface area contributed by atoms with Crippen LogP contribution in [0.3, 0.4) is 0 Å². The Labute approximate surface area is 122 Å². The van der Waals surface area contributed by atoms with E-state index in [1.165, 1.54) is 0 Å². The van der Waals surface area contributed by atoms with Crippen LogP contribution in [0.25, 0.3) is 0 Å². The lowest BCUT2D eigenvalue weighted by molar-refractivity contribution is -0.120. The fourth-order valence-corrected chi connectivity index (χ4v) is 2.41. The molecule has 2 rings (SSSR count). The van der Waals surface area contributed by atoms with Gasteiger partial charge in [-0.3, -0.25) is 4.79 Å². The Morgan fingerprint density at radius 1 is 1.39 bits per heavy atom. The number of amides is 1. The molecule has 0 saturated carbocycles. The van der Waals surface area contributed by atoms with E-state index in [4.69, 9.17) is 0 Å². The molecule has 1 fully saturated rings. The first-order valence-electron chi connectivity index (χ1n) is 5.94. The first-order valence-corrected chi connectivity index (χ1v) is 6.74. The van der Waals surface area contributed by atoms with Gasteiger partial charge < -0.3 is 10.6 Å². The molecule has 1 aliphatic heterocycles. The molecular formula is C13H18BrClN2O. The van der Waals surface area contributed by atoms with Crippen molar-refractivity contribution in [3.63, 3.8) is 0 Å². The van der Waals surface area contributed by atoms with Crippen molar-refractivity contribution in [2.75, 3.05) is 18.4 Å². The second-order valence-corrected chi connectivity index (χ2v) is 5.39. The summed E-state index contributed by atoms with van der Waals surface area (Å²) in [7, 11) is 0. The molecule has 3 nitrogen and oxygen atoms in total. The van der Waals surface area contributed by atoms with Gasteiger partial charge in [0.1, 0.15) is 0 Å². The molecule has 1 saturated heterocycles. The molecule has 0 spiro atoms. The summed E-state index contributed by atoms with van der Waals surface area (Å²) in [5.74, 6) is 0.294. The van der Waals surface area contributed by atoms with Crippen molar-refractivity contribution in [2.24, 2.45) is 5.92 Å². The number of carbonyl (C=O) groups is 1. The molecule has 0 radical (unpaired) electrons. The number of hydrogen-bond donors (Lipinski definition) is 2. The molecule has 0 aliphatic carbocycles. The van der Waals surface area contributed by atoms with Gasteiger partial charge in [-0.1, -0.05) is 22.0 Å². The Kier molecular flexibility index (Phi) is 6.12. The van der Waals surface area contributed by atoms with Gasteiger partial charge in [0.2, 0.25) is 5.91 Å². The van der Waals surface area contributed by atoms with Crippen molar-refractivity contribution in [1.82, 2.24) is 5.32 Å². The van der Waals surface area contributed by atoms with Crippen molar-refractivity contribution >= 4 is 39.9 Å². The van der Waals surface area contributed by atoms with Crippen LogP contribution in [-0.2, 0) is 4.79 Å². The van der Waals surface area contributed by atoms with E-state index in [9.17, 15) is 4.79 Å². The van der Waals surface area contributed by atoms with Crippen molar-refractivity contribution in [3.8, 4) is 0 Å². The third-order valence-corrected chi connectivity index (χ3v) is 3.66. The second-order valence-electron chi connectivity index (χ2n) is 4.47. The summed E-state index contributed by atoms with van der Waals surface area (Å²) in [5.41, 5.74) is 2.00. The third kappa shape index (κ3) is 3.97. The maximum absolute atomic E-state index is 12.1. The van der Waals surface area contributed by atoms with Gasteiger partial charge in [-0.05, 0) is 50.6 Å². The van der Waals surface area contributed by atoms with Crippen LogP contribution < -0.4 is 10.6 Å². The highest BCUT2D eigenvalue weighted by Crippen LogP contribution is 2.22. The number of hydrogen-bond acceptors (Lipinski definition) is 2. The number of aryl methyl sites for hydroxylation is 1. The molecule has 0 aromatic heterocycles. The average molecular weight is 334 g/mol. The van der Waals surface area contributed by atoms with E-state index in [2.05, 4.69) is 26.6 Å². The van der Waals surface area contributed by atoms with Crippen LogP contribution in [0.15, 0.2) is 22.7 Å². The van der Waals surface area contributed by atoms with E-state index >= 15 is 0 Å². The second kappa shape index (κ2) is 7.12. The maximum atomic E-state index is 12.1. The van der Waals surface area contributed by atoms with Gasteiger partial charge in [0.15, 0.2) is 0 Å². The van der Waals surface area contributed by atoms with Crippen molar-refractivity contribution in [2.45, 2.75) is 19.8 Å². The van der Waals surface area contributed by atoms with E-state index in [0.29, 0.717) is 0 Å². The monoisotopic (exact) mass is 332 g/mol. The molecular weight excluding hydrogens is 316 g/mol. The molecule has 0 atom stereocenters. The first-order chi connectivity index (χ1) is 8.16.